The Kier molecular flexibility index (Phi) is 4.09. The van der Waals surface area contributed by atoms with Crippen LogP contribution in [0.15, 0.2) is 24.3 Å². The first-order valence-corrected chi connectivity index (χ1v) is 4.95. The van der Waals surface area contributed by atoms with Crippen molar-refractivity contribution in [3.8, 4) is 0 Å². The van der Waals surface area contributed by atoms with E-state index in [9.17, 15) is 9.18 Å². The summed E-state index contributed by atoms with van der Waals surface area (Å²) in [4.78, 5) is 11.0. The van der Waals surface area contributed by atoms with Crippen molar-refractivity contribution in [2.24, 2.45) is 5.73 Å². The smallest absolute Gasteiger partial charge is 0.239 e. The van der Waals surface area contributed by atoms with Crippen LogP contribution < -0.4 is 11.1 Å². The first kappa shape index (κ1) is 11.5. The highest BCUT2D eigenvalue weighted by Crippen LogP contribution is 2.12. The normalized spacial score (nSPS) is 12.1. The lowest BCUT2D eigenvalue weighted by atomic mass is 10.1. The first-order valence-electron chi connectivity index (χ1n) is 4.95. The Morgan fingerprint density at radius 1 is 1.60 bits per heavy atom. The molecule has 0 aliphatic carbocycles. The van der Waals surface area contributed by atoms with Gasteiger partial charge in [-0.1, -0.05) is 19.4 Å². The second-order valence-corrected chi connectivity index (χ2v) is 3.40. The van der Waals surface area contributed by atoms with Crippen molar-refractivity contribution in [3.63, 3.8) is 0 Å². The van der Waals surface area contributed by atoms with Gasteiger partial charge in [0.15, 0.2) is 0 Å². The van der Waals surface area contributed by atoms with Gasteiger partial charge in [0.25, 0.3) is 0 Å². The lowest BCUT2D eigenvalue weighted by Gasteiger charge is -2.15. The summed E-state index contributed by atoms with van der Waals surface area (Å²) in [6.07, 6.45) is 1.49. The quantitative estimate of drug-likeness (QED) is 0.779. The van der Waals surface area contributed by atoms with Crippen LogP contribution in [0.25, 0.3) is 0 Å². The van der Waals surface area contributed by atoms with E-state index in [0.29, 0.717) is 12.1 Å². The molecule has 0 aliphatic heterocycles. The second-order valence-electron chi connectivity index (χ2n) is 3.40. The van der Waals surface area contributed by atoms with Crippen LogP contribution in [0.3, 0.4) is 0 Å². The molecule has 0 radical (unpaired) electrons. The van der Waals surface area contributed by atoms with Gasteiger partial charge in [0.1, 0.15) is 11.9 Å². The molecule has 0 bridgehead atoms. The third kappa shape index (κ3) is 3.58. The molecule has 0 aliphatic rings. The average Bonchev–Trinajstić information content (AvgIpc) is 2.17. The SMILES string of the molecule is CCCC(Nc1cccc(F)c1)C(N)=O. The molecule has 0 spiro atoms. The number of nitrogens with two attached hydrogens (primary N) is 1. The minimum Gasteiger partial charge on any atom is -0.374 e. The summed E-state index contributed by atoms with van der Waals surface area (Å²) in [5.74, 6) is -0.749. The maximum absolute atomic E-state index is 12.8. The standard InChI is InChI=1S/C11H15FN2O/c1-2-4-10(11(13)15)14-9-6-3-5-8(12)7-9/h3,5-7,10,14H,2,4H2,1H3,(H2,13,15). The van der Waals surface area contributed by atoms with E-state index in [1.54, 1.807) is 12.1 Å². The van der Waals surface area contributed by atoms with Gasteiger partial charge in [0.05, 0.1) is 0 Å². The summed E-state index contributed by atoms with van der Waals surface area (Å²) >= 11 is 0. The molecule has 15 heavy (non-hydrogen) atoms. The lowest BCUT2D eigenvalue weighted by molar-refractivity contribution is -0.118. The molecule has 1 rings (SSSR count). The van der Waals surface area contributed by atoms with Crippen molar-refractivity contribution in [3.05, 3.63) is 30.1 Å². The molecule has 4 heteroatoms. The van der Waals surface area contributed by atoms with Crippen LogP contribution >= 0.6 is 0 Å². The zero-order chi connectivity index (χ0) is 11.3. The van der Waals surface area contributed by atoms with E-state index < -0.39 is 11.9 Å². The molecule has 0 saturated carbocycles. The van der Waals surface area contributed by atoms with Crippen LogP contribution in [-0.2, 0) is 4.79 Å². The average molecular weight is 210 g/mol. The number of primary amides is 1. The van der Waals surface area contributed by atoms with Crippen molar-refractivity contribution in [1.29, 1.82) is 0 Å². The predicted octanol–water partition coefficient (Wildman–Crippen LogP) is 1.89. The summed E-state index contributed by atoms with van der Waals surface area (Å²) < 4.78 is 12.8. The number of nitrogens with one attached hydrogen (secondary N) is 1. The van der Waals surface area contributed by atoms with E-state index in [2.05, 4.69) is 5.32 Å². The van der Waals surface area contributed by atoms with Gasteiger partial charge in [-0.3, -0.25) is 4.79 Å². The number of hydrogen-bond acceptors (Lipinski definition) is 2. The Balaban J connectivity index is 2.69. The van der Waals surface area contributed by atoms with Gasteiger partial charge < -0.3 is 11.1 Å². The molecule has 0 saturated heterocycles. The minimum absolute atomic E-state index is 0.334. The van der Waals surface area contributed by atoms with Gasteiger partial charge >= 0.3 is 0 Å². The number of carbonyl (C=O) groups excluding carboxylic acids is 1. The maximum Gasteiger partial charge on any atom is 0.239 e. The first-order chi connectivity index (χ1) is 7.13. The van der Waals surface area contributed by atoms with Crippen LogP contribution in [-0.4, -0.2) is 11.9 Å². The second kappa shape index (κ2) is 5.34. The van der Waals surface area contributed by atoms with E-state index in [0.717, 1.165) is 6.42 Å². The third-order valence-corrected chi connectivity index (χ3v) is 2.09. The van der Waals surface area contributed by atoms with E-state index in [4.69, 9.17) is 5.73 Å². The van der Waals surface area contributed by atoms with Crippen molar-refractivity contribution in [2.45, 2.75) is 25.8 Å². The number of hydrogen-bond donors (Lipinski definition) is 2. The Hall–Kier alpha value is -1.58. The molecule has 1 aromatic carbocycles. The summed E-state index contributed by atoms with van der Waals surface area (Å²) in [6, 6.07) is 5.54. The highest BCUT2D eigenvalue weighted by Gasteiger charge is 2.13. The van der Waals surface area contributed by atoms with Gasteiger partial charge in [0.2, 0.25) is 5.91 Å². The Bertz CT molecular complexity index is 341. The molecule has 1 amide bonds. The summed E-state index contributed by atoms with van der Waals surface area (Å²) in [5.41, 5.74) is 5.79. The molecule has 3 N–H and O–H groups in total. The van der Waals surface area contributed by atoms with Crippen LogP contribution in [0.4, 0.5) is 10.1 Å². The number of amides is 1. The molecule has 82 valence electrons. The van der Waals surface area contributed by atoms with E-state index in [1.807, 2.05) is 6.92 Å². The fraction of sp³-hybridized carbons (Fsp3) is 0.364. The monoisotopic (exact) mass is 210 g/mol. The molecule has 0 aromatic heterocycles. The fourth-order valence-electron chi connectivity index (χ4n) is 1.35. The Labute approximate surface area is 88.5 Å². The summed E-state index contributed by atoms with van der Waals surface area (Å²) in [6.45, 7) is 1.96. The summed E-state index contributed by atoms with van der Waals surface area (Å²) in [7, 11) is 0. The van der Waals surface area contributed by atoms with Gasteiger partial charge in [0, 0.05) is 5.69 Å². The van der Waals surface area contributed by atoms with Crippen molar-refractivity contribution in [2.75, 3.05) is 5.32 Å². The van der Waals surface area contributed by atoms with E-state index in [-0.39, 0.29) is 5.82 Å². The number of rotatable bonds is 5. The number of benzene rings is 1. The van der Waals surface area contributed by atoms with Gasteiger partial charge in [-0.15, -0.1) is 0 Å². The Morgan fingerprint density at radius 3 is 2.87 bits per heavy atom. The largest absolute Gasteiger partial charge is 0.374 e. The zero-order valence-corrected chi connectivity index (χ0v) is 8.66. The fourth-order valence-corrected chi connectivity index (χ4v) is 1.35. The molecular formula is C11H15FN2O. The van der Waals surface area contributed by atoms with Crippen molar-refractivity contribution in [1.82, 2.24) is 0 Å². The summed E-state index contributed by atoms with van der Waals surface area (Å²) in [5, 5.41) is 2.91. The molecule has 3 nitrogen and oxygen atoms in total. The van der Waals surface area contributed by atoms with Crippen LogP contribution in [0.2, 0.25) is 0 Å². The van der Waals surface area contributed by atoms with Gasteiger partial charge in [-0.05, 0) is 24.6 Å². The maximum atomic E-state index is 12.8. The number of carbonyl (C=O) groups is 1. The van der Waals surface area contributed by atoms with E-state index in [1.165, 1.54) is 12.1 Å². The van der Waals surface area contributed by atoms with Gasteiger partial charge in [-0.2, -0.15) is 0 Å². The topological polar surface area (TPSA) is 55.1 Å². The predicted molar refractivity (Wildman–Crippen MR) is 57.9 cm³/mol. The highest BCUT2D eigenvalue weighted by molar-refractivity contribution is 5.82. The minimum atomic E-state index is -0.434. The molecule has 0 fully saturated rings. The Morgan fingerprint density at radius 2 is 2.33 bits per heavy atom. The molecule has 1 unspecified atom stereocenters. The van der Waals surface area contributed by atoms with Crippen molar-refractivity contribution < 1.29 is 9.18 Å². The molecular weight excluding hydrogens is 195 g/mol. The number of anilines is 1. The van der Waals surface area contributed by atoms with Crippen LogP contribution in [0.1, 0.15) is 19.8 Å². The lowest BCUT2D eigenvalue weighted by Crippen LogP contribution is -2.35. The zero-order valence-electron chi connectivity index (χ0n) is 8.66. The van der Waals surface area contributed by atoms with Crippen LogP contribution in [0.5, 0.6) is 0 Å². The third-order valence-electron chi connectivity index (χ3n) is 2.09. The molecule has 1 aromatic rings. The van der Waals surface area contributed by atoms with Crippen LogP contribution in [0, 0.1) is 5.82 Å². The van der Waals surface area contributed by atoms with Crippen molar-refractivity contribution >= 4 is 11.6 Å². The molecule has 0 heterocycles. The van der Waals surface area contributed by atoms with Gasteiger partial charge in [-0.25, -0.2) is 4.39 Å². The number of halogens is 1. The highest BCUT2D eigenvalue weighted by atomic mass is 19.1. The van der Waals surface area contributed by atoms with E-state index >= 15 is 0 Å². The molecule has 1 atom stereocenters.